The van der Waals surface area contributed by atoms with E-state index >= 15 is 0 Å². The average molecular weight is 288 g/mol. The Morgan fingerprint density at radius 2 is 2.38 bits per heavy atom. The molecule has 0 bridgehead atoms. The van der Waals surface area contributed by atoms with E-state index in [-0.39, 0.29) is 0 Å². The Labute approximate surface area is 126 Å². The number of nitrogens with zero attached hydrogens (tertiary/aromatic N) is 3. The summed E-state index contributed by atoms with van der Waals surface area (Å²) in [7, 11) is 1.94. The minimum Gasteiger partial charge on any atom is -0.374 e. The highest BCUT2D eigenvalue weighted by Crippen LogP contribution is 2.22. The highest BCUT2D eigenvalue weighted by Gasteiger charge is 2.31. The van der Waals surface area contributed by atoms with Gasteiger partial charge in [-0.1, -0.05) is 0 Å². The molecule has 0 saturated carbocycles. The highest BCUT2D eigenvalue weighted by molar-refractivity contribution is 5.34. The molecule has 2 saturated heterocycles. The average Bonchev–Trinajstić information content (AvgIpc) is 3.06. The second-order valence-electron chi connectivity index (χ2n) is 6.19. The van der Waals surface area contributed by atoms with Crippen LogP contribution in [0, 0.1) is 18.3 Å². The number of aromatic nitrogens is 1. The van der Waals surface area contributed by atoms with Crippen molar-refractivity contribution in [3.63, 3.8) is 0 Å². The van der Waals surface area contributed by atoms with E-state index in [1.54, 1.807) is 0 Å². The van der Waals surface area contributed by atoms with E-state index in [1.807, 2.05) is 17.7 Å². The predicted octanol–water partition coefficient (Wildman–Crippen LogP) is 1.16. The van der Waals surface area contributed by atoms with Crippen molar-refractivity contribution >= 4 is 0 Å². The third-order valence-corrected chi connectivity index (χ3v) is 4.90. The maximum Gasteiger partial charge on any atom is 0.120 e. The number of nitrogens with one attached hydrogen (secondary N) is 1. The maximum absolute atomic E-state index is 9.06. The second kappa shape index (κ2) is 6.18. The Morgan fingerprint density at radius 3 is 3.14 bits per heavy atom. The second-order valence-corrected chi connectivity index (χ2v) is 6.19. The zero-order valence-electron chi connectivity index (χ0n) is 12.9. The molecular formula is C16H24N4O. The Bertz CT molecular complexity index is 545. The molecule has 5 nitrogen and oxygen atoms in total. The summed E-state index contributed by atoms with van der Waals surface area (Å²) in [6.07, 6.45) is 2.90. The van der Waals surface area contributed by atoms with Crippen LogP contribution >= 0.6 is 0 Å². The van der Waals surface area contributed by atoms with Crippen molar-refractivity contribution in [2.24, 2.45) is 7.05 Å². The zero-order valence-corrected chi connectivity index (χ0v) is 12.9. The van der Waals surface area contributed by atoms with Crippen LogP contribution in [0.1, 0.15) is 29.8 Å². The summed E-state index contributed by atoms with van der Waals surface area (Å²) in [5.74, 6) is 0. The molecular weight excluding hydrogens is 264 g/mol. The molecule has 2 atom stereocenters. The SMILES string of the molecule is Cc1c(CNCC2CN3CCCC3CO2)cc(C#N)n1C. The Kier molecular flexibility index (Phi) is 4.29. The van der Waals surface area contributed by atoms with Gasteiger partial charge in [0.2, 0.25) is 0 Å². The zero-order chi connectivity index (χ0) is 14.8. The molecule has 0 amide bonds. The lowest BCUT2D eigenvalue weighted by Crippen LogP contribution is -2.49. The fourth-order valence-corrected chi connectivity index (χ4v) is 3.43. The first-order valence-corrected chi connectivity index (χ1v) is 7.80. The van der Waals surface area contributed by atoms with Gasteiger partial charge in [0.1, 0.15) is 11.8 Å². The summed E-state index contributed by atoms with van der Waals surface area (Å²) >= 11 is 0. The Morgan fingerprint density at radius 1 is 1.52 bits per heavy atom. The van der Waals surface area contributed by atoms with Gasteiger partial charge in [-0.2, -0.15) is 5.26 Å². The van der Waals surface area contributed by atoms with Crippen LogP contribution in [0.25, 0.3) is 0 Å². The first-order valence-electron chi connectivity index (χ1n) is 7.80. The fraction of sp³-hybridized carbons (Fsp3) is 0.688. The molecule has 2 unspecified atom stereocenters. The van der Waals surface area contributed by atoms with Crippen molar-refractivity contribution in [1.82, 2.24) is 14.8 Å². The number of rotatable bonds is 4. The number of morpholine rings is 1. The minimum atomic E-state index is 0.291. The molecule has 0 spiro atoms. The van der Waals surface area contributed by atoms with E-state index in [2.05, 4.69) is 23.2 Å². The molecule has 1 aromatic rings. The predicted molar refractivity (Wildman–Crippen MR) is 80.9 cm³/mol. The number of hydrogen-bond acceptors (Lipinski definition) is 4. The monoisotopic (exact) mass is 288 g/mol. The molecule has 3 heterocycles. The minimum absolute atomic E-state index is 0.291. The van der Waals surface area contributed by atoms with Crippen molar-refractivity contribution in [3.05, 3.63) is 23.0 Å². The number of ether oxygens (including phenoxy) is 1. The van der Waals surface area contributed by atoms with E-state index in [9.17, 15) is 0 Å². The third-order valence-electron chi connectivity index (χ3n) is 4.90. The summed E-state index contributed by atoms with van der Waals surface area (Å²) in [6.45, 7) is 6.89. The van der Waals surface area contributed by atoms with Crippen molar-refractivity contribution in [2.45, 2.75) is 38.5 Å². The van der Waals surface area contributed by atoms with Gasteiger partial charge in [-0.25, -0.2) is 0 Å². The molecule has 1 N–H and O–H groups in total. The molecule has 0 radical (unpaired) electrons. The normalized spacial score (nSPS) is 25.8. The van der Waals surface area contributed by atoms with E-state index in [1.165, 1.54) is 24.9 Å². The maximum atomic E-state index is 9.06. The summed E-state index contributed by atoms with van der Waals surface area (Å²) in [5, 5.41) is 12.5. The summed E-state index contributed by atoms with van der Waals surface area (Å²) in [5.41, 5.74) is 3.07. The van der Waals surface area contributed by atoms with Crippen LogP contribution in [0.2, 0.25) is 0 Å². The van der Waals surface area contributed by atoms with Gasteiger partial charge in [-0.3, -0.25) is 4.90 Å². The quantitative estimate of drug-likeness (QED) is 0.903. The van der Waals surface area contributed by atoms with Gasteiger partial charge in [0.25, 0.3) is 0 Å². The van der Waals surface area contributed by atoms with Crippen molar-refractivity contribution in [1.29, 1.82) is 5.26 Å². The first kappa shape index (κ1) is 14.6. The van der Waals surface area contributed by atoms with E-state index in [0.717, 1.165) is 37.6 Å². The van der Waals surface area contributed by atoms with Gasteiger partial charge in [0.05, 0.1) is 12.7 Å². The Balaban J connectivity index is 1.49. The molecule has 1 aromatic heterocycles. The van der Waals surface area contributed by atoms with Crippen LogP contribution in [0.15, 0.2) is 6.07 Å². The standard InChI is InChI=1S/C16H24N4O/c1-12-13(6-15(7-17)19(12)2)8-18-9-16-10-20-5-3-4-14(20)11-21-16/h6,14,16,18H,3-5,8-11H2,1-2H3. The summed E-state index contributed by atoms with van der Waals surface area (Å²) in [6, 6.07) is 4.86. The van der Waals surface area contributed by atoms with Crippen molar-refractivity contribution in [3.8, 4) is 6.07 Å². The van der Waals surface area contributed by atoms with E-state index in [0.29, 0.717) is 12.1 Å². The van der Waals surface area contributed by atoms with E-state index in [4.69, 9.17) is 10.00 Å². The van der Waals surface area contributed by atoms with Gasteiger partial charge in [-0.15, -0.1) is 0 Å². The molecule has 5 heteroatoms. The first-order chi connectivity index (χ1) is 10.2. The van der Waals surface area contributed by atoms with Crippen LogP contribution in [0.3, 0.4) is 0 Å². The molecule has 0 aliphatic carbocycles. The van der Waals surface area contributed by atoms with Crippen LogP contribution in [0.5, 0.6) is 0 Å². The van der Waals surface area contributed by atoms with Gasteiger partial charge < -0.3 is 14.6 Å². The van der Waals surface area contributed by atoms with E-state index < -0.39 is 0 Å². The van der Waals surface area contributed by atoms with Crippen LogP contribution in [-0.2, 0) is 18.3 Å². The smallest absolute Gasteiger partial charge is 0.120 e. The topological polar surface area (TPSA) is 53.2 Å². The van der Waals surface area contributed by atoms with Gasteiger partial charge >= 0.3 is 0 Å². The molecule has 2 fully saturated rings. The summed E-state index contributed by atoms with van der Waals surface area (Å²) in [4.78, 5) is 2.57. The van der Waals surface area contributed by atoms with Gasteiger partial charge in [0.15, 0.2) is 0 Å². The van der Waals surface area contributed by atoms with Gasteiger partial charge in [0, 0.05) is 38.4 Å². The third kappa shape index (κ3) is 2.98. The fourth-order valence-electron chi connectivity index (χ4n) is 3.43. The van der Waals surface area contributed by atoms with Crippen LogP contribution < -0.4 is 5.32 Å². The number of hydrogen-bond donors (Lipinski definition) is 1. The summed E-state index contributed by atoms with van der Waals surface area (Å²) < 4.78 is 7.90. The molecule has 3 rings (SSSR count). The highest BCUT2D eigenvalue weighted by atomic mass is 16.5. The molecule has 114 valence electrons. The number of fused-ring (bicyclic) bond motifs is 1. The molecule has 21 heavy (non-hydrogen) atoms. The van der Waals surface area contributed by atoms with Crippen LogP contribution in [-0.4, -0.2) is 47.9 Å². The molecule has 0 aromatic carbocycles. The largest absolute Gasteiger partial charge is 0.374 e. The van der Waals surface area contributed by atoms with Crippen molar-refractivity contribution in [2.75, 3.05) is 26.2 Å². The lowest BCUT2D eigenvalue weighted by Gasteiger charge is -2.35. The van der Waals surface area contributed by atoms with Crippen LogP contribution in [0.4, 0.5) is 0 Å². The lowest BCUT2D eigenvalue weighted by molar-refractivity contribution is -0.0470. The Hall–Kier alpha value is -1.35. The number of nitriles is 1. The van der Waals surface area contributed by atoms with Crippen molar-refractivity contribution < 1.29 is 4.74 Å². The van der Waals surface area contributed by atoms with Gasteiger partial charge in [-0.05, 0) is 37.9 Å². The lowest BCUT2D eigenvalue weighted by atomic mass is 10.2. The molecule has 2 aliphatic heterocycles. The molecule has 2 aliphatic rings.